The highest BCUT2D eigenvalue weighted by atomic mass is 16.5. The van der Waals surface area contributed by atoms with Crippen LogP contribution in [0.1, 0.15) is 30.1 Å². The monoisotopic (exact) mass is 452 g/mol. The van der Waals surface area contributed by atoms with Gasteiger partial charge in [0.1, 0.15) is 11.5 Å². The minimum Gasteiger partial charge on any atom is -0.497 e. The largest absolute Gasteiger partial charge is 0.497 e. The van der Waals surface area contributed by atoms with Gasteiger partial charge in [-0.3, -0.25) is 4.79 Å². The Balaban J connectivity index is 1.38. The van der Waals surface area contributed by atoms with Crippen molar-refractivity contribution in [2.24, 2.45) is 0 Å². The summed E-state index contributed by atoms with van der Waals surface area (Å²) in [5.41, 5.74) is 2.20. The number of benzene rings is 2. The van der Waals surface area contributed by atoms with Crippen LogP contribution in [0.4, 0.5) is 5.69 Å². The van der Waals surface area contributed by atoms with Crippen LogP contribution in [0.2, 0.25) is 0 Å². The molecule has 1 fully saturated rings. The van der Waals surface area contributed by atoms with Crippen molar-refractivity contribution < 1.29 is 23.5 Å². The summed E-state index contributed by atoms with van der Waals surface area (Å²) in [7, 11) is 3.17. The number of hydrogen-bond donors (Lipinski definition) is 1. The van der Waals surface area contributed by atoms with E-state index in [1.54, 1.807) is 20.3 Å². The molecule has 9 nitrogen and oxygen atoms in total. The van der Waals surface area contributed by atoms with Gasteiger partial charge in [-0.25, -0.2) is 0 Å². The number of anilines is 1. The van der Waals surface area contributed by atoms with E-state index in [4.69, 9.17) is 18.7 Å². The van der Waals surface area contributed by atoms with E-state index >= 15 is 0 Å². The van der Waals surface area contributed by atoms with E-state index in [9.17, 15) is 4.79 Å². The third-order valence-electron chi connectivity index (χ3n) is 5.40. The lowest BCUT2D eigenvalue weighted by Gasteiger charge is -2.35. The minimum absolute atomic E-state index is 0.0125. The van der Waals surface area contributed by atoms with E-state index in [0.717, 1.165) is 5.69 Å². The Kier molecular flexibility index (Phi) is 6.79. The average molecular weight is 453 g/mol. The summed E-state index contributed by atoms with van der Waals surface area (Å²) in [6.45, 7) is 5.51. The summed E-state index contributed by atoms with van der Waals surface area (Å²) in [5.74, 6) is 2.15. The van der Waals surface area contributed by atoms with Gasteiger partial charge in [-0.05, 0) is 50.2 Å². The molecule has 0 radical (unpaired) electrons. The Morgan fingerprint density at radius 1 is 1.09 bits per heavy atom. The highest BCUT2D eigenvalue weighted by molar-refractivity contribution is 5.94. The maximum absolute atomic E-state index is 12.8. The van der Waals surface area contributed by atoms with Gasteiger partial charge in [0.25, 0.3) is 5.91 Å². The quantitative estimate of drug-likeness (QED) is 0.580. The van der Waals surface area contributed by atoms with Gasteiger partial charge in [0.15, 0.2) is 0 Å². The van der Waals surface area contributed by atoms with Crippen molar-refractivity contribution in [1.29, 1.82) is 0 Å². The number of amides is 1. The molecule has 0 bridgehead atoms. The number of hydrogen-bond acceptors (Lipinski definition) is 8. The van der Waals surface area contributed by atoms with Crippen LogP contribution in [-0.4, -0.2) is 60.5 Å². The first-order valence-electron chi connectivity index (χ1n) is 10.8. The lowest BCUT2D eigenvalue weighted by atomic mass is 10.1. The predicted octanol–water partition coefficient (Wildman–Crippen LogP) is 3.62. The molecule has 3 aromatic rings. The molecule has 1 N–H and O–H groups in total. The fourth-order valence-electron chi connectivity index (χ4n) is 3.85. The molecule has 1 aliphatic heterocycles. The topological polar surface area (TPSA) is 99.0 Å². The number of rotatable bonds is 7. The fourth-order valence-corrected chi connectivity index (χ4v) is 3.85. The number of carbonyl (C=O) groups excluding carboxylic acids is 1. The van der Waals surface area contributed by atoms with Gasteiger partial charge in [0.05, 0.1) is 38.5 Å². The van der Waals surface area contributed by atoms with Crippen molar-refractivity contribution >= 4 is 11.6 Å². The van der Waals surface area contributed by atoms with Crippen LogP contribution in [0.3, 0.4) is 0 Å². The molecular weight excluding hydrogens is 424 g/mol. The number of ether oxygens (including phenoxy) is 3. The number of methoxy groups -OCH3 is 2. The molecule has 174 valence electrons. The number of nitrogens with zero attached hydrogens (tertiary/aromatic N) is 3. The van der Waals surface area contributed by atoms with Crippen molar-refractivity contribution in [3.63, 3.8) is 0 Å². The summed E-state index contributed by atoms with van der Waals surface area (Å²) in [4.78, 5) is 19.1. The molecule has 2 atom stereocenters. The molecule has 2 unspecified atom stereocenters. The molecule has 0 spiro atoms. The van der Waals surface area contributed by atoms with E-state index in [1.165, 1.54) is 0 Å². The van der Waals surface area contributed by atoms with Gasteiger partial charge in [-0.1, -0.05) is 5.16 Å². The second-order valence-electron chi connectivity index (χ2n) is 7.98. The van der Waals surface area contributed by atoms with Gasteiger partial charge in [-0.2, -0.15) is 4.98 Å². The number of aromatic nitrogens is 2. The first kappa shape index (κ1) is 22.6. The summed E-state index contributed by atoms with van der Waals surface area (Å²) in [6, 6.07) is 12.8. The highest BCUT2D eigenvalue weighted by Gasteiger charge is 2.26. The van der Waals surface area contributed by atoms with Crippen molar-refractivity contribution in [2.75, 3.05) is 32.6 Å². The van der Waals surface area contributed by atoms with Crippen LogP contribution in [0.5, 0.6) is 11.5 Å². The highest BCUT2D eigenvalue weighted by Crippen LogP contribution is 2.31. The molecule has 1 saturated heterocycles. The Morgan fingerprint density at radius 3 is 2.48 bits per heavy atom. The van der Waals surface area contributed by atoms with Crippen molar-refractivity contribution in [2.45, 2.75) is 32.6 Å². The average Bonchev–Trinajstić information content (AvgIpc) is 3.30. The predicted molar refractivity (Wildman–Crippen MR) is 123 cm³/mol. The van der Waals surface area contributed by atoms with Crippen molar-refractivity contribution in [3.05, 3.63) is 53.9 Å². The lowest BCUT2D eigenvalue weighted by Crippen LogP contribution is -2.48. The van der Waals surface area contributed by atoms with Crippen molar-refractivity contribution in [1.82, 2.24) is 15.0 Å². The molecule has 1 aromatic heterocycles. The maximum atomic E-state index is 12.8. The first-order valence-corrected chi connectivity index (χ1v) is 10.8. The van der Waals surface area contributed by atoms with Crippen LogP contribution in [0.25, 0.3) is 11.4 Å². The van der Waals surface area contributed by atoms with Gasteiger partial charge in [0.2, 0.25) is 11.7 Å². The molecule has 4 rings (SSSR count). The van der Waals surface area contributed by atoms with E-state index in [0.29, 0.717) is 54.0 Å². The smallest absolute Gasteiger partial charge is 0.254 e. The third kappa shape index (κ3) is 5.25. The van der Waals surface area contributed by atoms with Crippen LogP contribution in [0, 0.1) is 0 Å². The summed E-state index contributed by atoms with van der Waals surface area (Å²) >= 11 is 0. The summed E-state index contributed by atoms with van der Waals surface area (Å²) < 4.78 is 21.7. The molecule has 1 amide bonds. The van der Waals surface area contributed by atoms with E-state index in [-0.39, 0.29) is 18.1 Å². The molecular formula is C24H28N4O5. The van der Waals surface area contributed by atoms with Gasteiger partial charge < -0.3 is 29.0 Å². The standard InChI is InChI=1S/C24H28N4O5/c1-15-13-28(14-16(2)32-15)24(29)17-5-7-18(8-6-17)25-12-22-26-23(27-33-22)20-10-9-19(30-3)11-21(20)31-4/h5-11,15-16,25H,12-14H2,1-4H3. The molecule has 0 aliphatic carbocycles. The molecule has 2 heterocycles. The molecule has 33 heavy (non-hydrogen) atoms. The Bertz CT molecular complexity index is 1090. The van der Waals surface area contributed by atoms with E-state index < -0.39 is 0 Å². The lowest BCUT2D eigenvalue weighted by molar-refractivity contribution is -0.0586. The zero-order valence-electron chi connectivity index (χ0n) is 19.2. The molecule has 9 heteroatoms. The zero-order valence-corrected chi connectivity index (χ0v) is 19.2. The fraction of sp³-hybridized carbons (Fsp3) is 0.375. The Labute approximate surface area is 192 Å². The van der Waals surface area contributed by atoms with Crippen LogP contribution < -0.4 is 14.8 Å². The normalized spacial score (nSPS) is 18.1. The van der Waals surface area contributed by atoms with Gasteiger partial charge in [-0.15, -0.1) is 0 Å². The Morgan fingerprint density at radius 2 is 1.82 bits per heavy atom. The second-order valence-corrected chi connectivity index (χ2v) is 7.98. The van der Waals surface area contributed by atoms with Crippen molar-refractivity contribution in [3.8, 4) is 22.9 Å². The minimum atomic E-state index is 0.0125. The van der Waals surface area contributed by atoms with Crippen LogP contribution in [-0.2, 0) is 11.3 Å². The zero-order chi connectivity index (χ0) is 23.4. The maximum Gasteiger partial charge on any atom is 0.254 e. The van der Waals surface area contributed by atoms with Crippen LogP contribution in [0.15, 0.2) is 47.0 Å². The number of carbonyl (C=O) groups is 1. The second kappa shape index (κ2) is 9.91. The number of morpholine rings is 1. The first-order chi connectivity index (χ1) is 16.0. The SMILES string of the molecule is COc1ccc(-c2noc(CNc3ccc(C(=O)N4CC(C)OC(C)C4)cc3)n2)c(OC)c1. The summed E-state index contributed by atoms with van der Waals surface area (Å²) in [5, 5.41) is 7.30. The molecule has 1 aliphatic rings. The van der Waals surface area contributed by atoms with Gasteiger partial charge >= 0.3 is 0 Å². The molecule has 2 aromatic carbocycles. The Hall–Kier alpha value is -3.59. The van der Waals surface area contributed by atoms with Gasteiger partial charge in [0, 0.05) is 30.4 Å². The number of nitrogens with one attached hydrogen (secondary N) is 1. The van der Waals surface area contributed by atoms with Crippen LogP contribution >= 0.6 is 0 Å². The van der Waals surface area contributed by atoms with E-state index in [1.807, 2.05) is 55.1 Å². The third-order valence-corrected chi connectivity index (χ3v) is 5.40. The van der Waals surface area contributed by atoms with E-state index in [2.05, 4.69) is 15.5 Å². The summed E-state index contributed by atoms with van der Waals surface area (Å²) in [6.07, 6.45) is 0.0756. The molecule has 0 saturated carbocycles.